The highest BCUT2D eigenvalue weighted by molar-refractivity contribution is 6.03. The van der Waals surface area contributed by atoms with E-state index in [1.807, 2.05) is 0 Å². The van der Waals surface area contributed by atoms with E-state index in [1.54, 1.807) is 58.9 Å². The van der Waals surface area contributed by atoms with E-state index in [4.69, 9.17) is 19.6 Å². The number of Topliss-reactive ketones (excluding diaryl/α,β-unsaturated/α-hetero) is 1. The number of para-hydroxylation sites is 2. The summed E-state index contributed by atoms with van der Waals surface area (Å²) in [4.78, 5) is 68.5. The maximum absolute atomic E-state index is 14.3. The summed E-state index contributed by atoms with van der Waals surface area (Å²) in [6.07, 6.45) is -0.0571. The van der Waals surface area contributed by atoms with Crippen molar-refractivity contribution in [2.24, 2.45) is 17.6 Å². The summed E-state index contributed by atoms with van der Waals surface area (Å²) < 4.78 is 15.5. The normalized spacial score (nSPS) is 20.3. The Morgan fingerprint density at radius 3 is 2.30 bits per heavy atom. The molecular weight excluding hydrogens is 522 g/mol. The number of carbonyl (C=O) groups is 4. The van der Waals surface area contributed by atoms with Gasteiger partial charge in [0.15, 0.2) is 0 Å². The van der Waals surface area contributed by atoms with Gasteiger partial charge in [0.1, 0.15) is 29.6 Å². The molecule has 1 aromatic carbocycles. The zero-order valence-electron chi connectivity index (χ0n) is 23.9. The first-order valence-electron chi connectivity index (χ1n) is 13.2. The Kier molecular flexibility index (Phi) is 9.31. The quantitative estimate of drug-likeness (QED) is 0.375. The van der Waals surface area contributed by atoms with E-state index in [0.29, 0.717) is 23.5 Å². The first kappa shape index (κ1) is 30.7. The number of quaternary nitrogens is 1. The average molecular weight is 561 g/mol. The molecule has 1 fully saturated rings. The number of amides is 4. The van der Waals surface area contributed by atoms with E-state index < -0.39 is 64.0 Å². The zero-order chi connectivity index (χ0) is 29.9. The van der Waals surface area contributed by atoms with Gasteiger partial charge in [0.25, 0.3) is 5.89 Å². The monoisotopic (exact) mass is 560 g/mol. The van der Waals surface area contributed by atoms with E-state index in [0.717, 1.165) is 11.8 Å². The molecule has 40 heavy (non-hydrogen) atoms. The van der Waals surface area contributed by atoms with Crippen LogP contribution in [0.15, 0.2) is 33.5 Å². The highest BCUT2D eigenvalue weighted by Crippen LogP contribution is 2.33. The molecule has 13 nitrogen and oxygen atoms in total. The first-order valence-corrected chi connectivity index (χ1v) is 13.2. The number of rotatable bonds is 8. The number of ketones is 1. The molecule has 4 atom stereocenters. The Labute approximate surface area is 232 Å². The number of methoxy groups -OCH3 is 2. The van der Waals surface area contributed by atoms with Gasteiger partial charge in [0, 0.05) is 12.8 Å². The van der Waals surface area contributed by atoms with Gasteiger partial charge < -0.3 is 19.6 Å². The molecule has 2 heterocycles. The van der Waals surface area contributed by atoms with Crippen LogP contribution in [0.25, 0.3) is 5.69 Å². The number of carbonyl (C=O) groups excluding carboxylic acids is 4. The lowest BCUT2D eigenvalue weighted by molar-refractivity contribution is -0.788. The second-order valence-electron chi connectivity index (χ2n) is 10.6. The Morgan fingerprint density at radius 1 is 1.12 bits per heavy atom. The number of likely N-dealkylation sites (tertiary alicyclic amines) is 1. The third kappa shape index (κ3) is 5.30. The molecule has 0 spiro atoms. The zero-order valence-corrected chi connectivity index (χ0v) is 23.9. The van der Waals surface area contributed by atoms with E-state index in [2.05, 4.69) is 5.10 Å². The molecule has 0 bridgehead atoms. The van der Waals surface area contributed by atoms with Crippen LogP contribution < -0.4 is 16.2 Å². The van der Waals surface area contributed by atoms with Crippen LogP contribution in [-0.2, 0) is 9.53 Å². The minimum Gasteiger partial charge on any atom is -0.494 e. The smallest absolute Gasteiger partial charge is 0.442 e. The fourth-order valence-corrected chi connectivity index (χ4v) is 5.11. The molecule has 2 N–H and O–H groups in total. The Bertz CT molecular complexity index is 1330. The highest BCUT2D eigenvalue weighted by atomic mass is 16.5. The predicted molar refractivity (Wildman–Crippen MR) is 143 cm³/mol. The molecule has 1 aromatic heterocycles. The Balaban J connectivity index is 2.13. The largest absolute Gasteiger partial charge is 0.494 e. The van der Waals surface area contributed by atoms with Gasteiger partial charge in [0.05, 0.1) is 20.8 Å². The SMILES string of the molecule is COC(=O)N(C(=O)[N+]1(C(=O)[C@@H](N)C(C)C)CCC[C@H]1C)[C@H](C(=O)c1nn(-c2ccccc2OC)c(=O)o1)C(C)C. The topological polar surface area (TPSA) is 164 Å². The average Bonchev–Trinajstić information content (AvgIpc) is 3.52. The lowest BCUT2D eigenvalue weighted by Crippen LogP contribution is -2.70. The lowest BCUT2D eigenvalue weighted by atomic mass is 9.97. The molecule has 1 aliphatic heterocycles. The van der Waals surface area contributed by atoms with Crippen LogP contribution in [0, 0.1) is 11.8 Å². The van der Waals surface area contributed by atoms with Crippen molar-refractivity contribution in [1.29, 1.82) is 0 Å². The number of nitrogens with two attached hydrogens (primary N) is 1. The van der Waals surface area contributed by atoms with Crippen molar-refractivity contribution in [3.8, 4) is 11.4 Å². The minimum atomic E-state index is -1.50. The summed E-state index contributed by atoms with van der Waals surface area (Å²) >= 11 is 0. The number of aromatic nitrogens is 2. The van der Waals surface area contributed by atoms with E-state index in [1.165, 1.54) is 7.11 Å². The minimum absolute atomic E-state index is 0.114. The van der Waals surface area contributed by atoms with Crippen LogP contribution in [0.5, 0.6) is 5.75 Å². The van der Waals surface area contributed by atoms with E-state index in [-0.39, 0.29) is 18.2 Å². The van der Waals surface area contributed by atoms with Gasteiger partial charge >= 0.3 is 23.8 Å². The van der Waals surface area contributed by atoms with Crippen molar-refractivity contribution in [2.45, 2.75) is 65.6 Å². The molecule has 2 aromatic rings. The fourth-order valence-electron chi connectivity index (χ4n) is 5.11. The number of urea groups is 1. The molecule has 13 heteroatoms. The van der Waals surface area contributed by atoms with Crippen LogP contribution in [0.2, 0.25) is 0 Å². The number of nitrogens with zero attached hydrogens (tertiary/aromatic N) is 4. The van der Waals surface area contributed by atoms with Gasteiger partial charge in [-0.1, -0.05) is 39.8 Å². The van der Waals surface area contributed by atoms with Gasteiger partial charge in [-0.15, -0.1) is 5.10 Å². The summed E-state index contributed by atoms with van der Waals surface area (Å²) in [5.41, 5.74) is 6.45. The van der Waals surface area contributed by atoms with Crippen molar-refractivity contribution in [3.05, 3.63) is 40.7 Å². The molecule has 0 saturated carbocycles. The van der Waals surface area contributed by atoms with Crippen LogP contribution in [0.3, 0.4) is 0 Å². The summed E-state index contributed by atoms with van der Waals surface area (Å²) in [5, 5.41) is 4.06. The van der Waals surface area contributed by atoms with Crippen molar-refractivity contribution < 1.29 is 37.6 Å². The van der Waals surface area contributed by atoms with Crippen LogP contribution in [0.4, 0.5) is 9.59 Å². The first-order chi connectivity index (χ1) is 18.8. The number of imide groups is 2. The Hall–Kier alpha value is -3.84. The summed E-state index contributed by atoms with van der Waals surface area (Å²) in [7, 11) is 2.48. The van der Waals surface area contributed by atoms with Crippen molar-refractivity contribution in [2.75, 3.05) is 20.8 Å². The molecule has 3 rings (SSSR count). The van der Waals surface area contributed by atoms with Crippen molar-refractivity contribution in [3.63, 3.8) is 0 Å². The second kappa shape index (κ2) is 12.1. The Morgan fingerprint density at radius 2 is 1.77 bits per heavy atom. The summed E-state index contributed by atoms with van der Waals surface area (Å²) in [5.74, 6) is -3.69. The predicted octanol–water partition coefficient (Wildman–Crippen LogP) is 2.74. The summed E-state index contributed by atoms with van der Waals surface area (Å²) in [6, 6.07) is 2.59. The fraction of sp³-hybridized carbons (Fsp3) is 0.556. The van der Waals surface area contributed by atoms with Gasteiger partial charge in [-0.2, -0.15) is 14.1 Å². The number of hydrogen-bond donors (Lipinski definition) is 1. The molecule has 1 aliphatic rings. The molecule has 4 amide bonds. The van der Waals surface area contributed by atoms with Crippen LogP contribution in [-0.4, -0.2) is 81.9 Å². The number of benzene rings is 1. The molecule has 1 unspecified atom stereocenters. The van der Waals surface area contributed by atoms with E-state index in [9.17, 15) is 24.0 Å². The van der Waals surface area contributed by atoms with Gasteiger partial charge in [-0.3, -0.25) is 4.79 Å². The van der Waals surface area contributed by atoms with Gasteiger partial charge in [0.2, 0.25) is 5.78 Å². The van der Waals surface area contributed by atoms with Crippen molar-refractivity contribution >= 4 is 23.8 Å². The van der Waals surface area contributed by atoms with Crippen molar-refractivity contribution in [1.82, 2.24) is 14.7 Å². The second-order valence-corrected chi connectivity index (χ2v) is 10.6. The third-order valence-corrected chi connectivity index (χ3v) is 7.45. The van der Waals surface area contributed by atoms with Gasteiger partial charge in [-0.25, -0.2) is 19.2 Å². The number of hydrogen-bond acceptors (Lipinski definition) is 10. The maximum Gasteiger partial charge on any atom is 0.442 e. The maximum atomic E-state index is 14.3. The van der Waals surface area contributed by atoms with Gasteiger partial charge in [-0.05, 0) is 30.9 Å². The summed E-state index contributed by atoms with van der Waals surface area (Å²) in [6.45, 7) is 8.61. The van der Waals surface area contributed by atoms with E-state index >= 15 is 0 Å². The molecule has 0 radical (unpaired) electrons. The lowest BCUT2D eigenvalue weighted by Gasteiger charge is -2.40. The molecule has 218 valence electrons. The number of ether oxygens (including phenoxy) is 2. The third-order valence-electron chi connectivity index (χ3n) is 7.45. The standard InChI is InChI=1S/C27H38N5O8/c1-15(2)20(28)24(34)32(14-10-11-17(32)5)25(35)30(26(36)39-7)21(16(3)4)22(33)23-29-31(27(37)40-23)18-12-8-9-13-19(18)38-6/h8-9,12-13,15-17,20-21H,10-11,14,28H2,1-7H3/q+1/t17-,20+,21+,32?/m1/s1. The van der Waals surface area contributed by atoms with Crippen LogP contribution >= 0.6 is 0 Å². The highest BCUT2D eigenvalue weighted by Gasteiger charge is 2.59. The molecule has 1 saturated heterocycles. The van der Waals surface area contributed by atoms with Crippen LogP contribution in [0.1, 0.15) is 58.1 Å². The molecule has 0 aliphatic carbocycles. The molecular formula is C27H38N5O8+.